The van der Waals surface area contributed by atoms with E-state index >= 15 is 0 Å². The maximum atomic E-state index is 12.6. The normalized spacial score (nSPS) is 13.2. The van der Waals surface area contributed by atoms with Gasteiger partial charge in [0.2, 0.25) is 11.8 Å². The number of amides is 2. The first kappa shape index (κ1) is 22.2. The minimum absolute atomic E-state index is 0.160. The van der Waals surface area contributed by atoms with Gasteiger partial charge in [0.15, 0.2) is 0 Å². The van der Waals surface area contributed by atoms with E-state index in [0.717, 1.165) is 37.1 Å². The van der Waals surface area contributed by atoms with Crippen LogP contribution in [-0.2, 0) is 9.59 Å². The van der Waals surface area contributed by atoms with Crippen LogP contribution in [0, 0.1) is 0 Å². The first-order valence-electron chi connectivity index (χ1n) is 10.1. The quantitative estimate of drug-likeness (QED) is 0.549. The second-order valence-corrected chi connectivity index (χ2v) is 7.06. The molecule has 0 spiro atoms. The van der Waals surface area contributed by atoms with Gasteiger partial charge in [0.05, 0.1) is 0 Å². The zero-order valence-corrected chi connectivity index (χ0v) is 17.4. The van der Waals surface area contributed by atoms with Crippen LogP contribution in [0.15, 0.2) is 24.3 Å². The van der Waals surface area contributed by atoms with Crippen LogP contribution >= 0.6 is 0 Å². The molecule has 0 heterocycles. The number of hydrogen-bond acceptors (Lipinski definition) is 2. The van der Waals surface area contributed by atoms with Gasteiger partial charge in [-0.3, -0.25) is 9.59 Å². The molecule has 0 saturated heterocycles. The molecule has 0 aliphatic heterocycles. The molecule has 2 atom stereocenters. The van der Waals surface area contributed by atoms with E-state index in [0.29, 0.717) is 12.8 Å². The van der Waals surface area contributed by atoms with Crippen molar-refractivity contribution >= 4 is 23.2 Å². The van der Waals surface area contributed by atoms with Crippen molar-refractivity contribution < 1.29 is 9.59 Å². The van der Waals surface area contributed by atoms with E-state index in [1.807, 2.05) is 47.9 Å². The van der Waals surface area contributed by atoms with Crippen LogP contribution in [0.1, 0.15) is 80.1 Å². The van der Waals surface area contributed by atoms with Crippen LogP contribution < -0.4 is 9.80 Å². The van der Waals surface area contributed by atoms with Crippen molar-refractivity contribution in [2.75, 3.05) is 9.80 Å². The zero-order chi connectivity index (χ0) is 19.7. The van der Waals surface area contributed by atoms with Gasteiger partial charge >= 0.3 is 0 Å². The molecule has 4 heteroatoms. The average Bonchev–Trinajstić information content (AvgIpc) is 2.63. The Kier molecular flexibility index (Phi) is 9.39. The number of carbonyl (C=O) groups is 2. The highest BCUT2D eigenvalue weighted by atomic mass is 16.2. The summed E-state index contributed by atoms with van der Waals surface area (Å²) in [6.07, 6.45) is 4.62. The highest BCUT2D eigenvalue weighted by molar-refractivity contribution is 5.96. The Labute approximate surface area is 159 Å². The van der Waals surface area contributed by atoms with Gasteiger partial charge in [-0.15, -0.1) is 0 Å². The fraction of sp³-hybridized carbons (Fsp3) is 0.636. The fourth-order valence-corrected chi connectivity index (χ4v) is 3.10. The standard InChI is InChI=1S/C22H36N2O2/c1-7-11-21(25)23(17(5)9-3)19-13-15-20(16-14-19)24(18(6)10-4)22(26)12-8-2/h13-18H,7-12H2,1-6H3. The van der Waals surface area contributed by atoms with Gasteiger partial charge in [-0.05, 0) is 63.8 Å². The summed E-state index contributed by atoms with van der Waals surface area (Å²) in [5.41, 5.74) is 1.82. The molecule has 0 N–H and O–H groups in total. The third kappa shape index (κ3) is 5.58. The fourth-order valence-electron chi connectivity index (χ4n) is 3.10. The Morgan fingerprint density at radius 2 is 1.04 bits per heavy atom. The van der Waals surface area contributed by atoms with Crippen LogP contribution in [0.4, 0.5) is 11.4 Å². The molecule has 0 fully saturated rings. The molecule has 4 nitrogen and oxygen atoms in total. The van der Waals surface area contributed by atoms with Crippen LogP contribution in [0.3, 0.4) is 0 Å². The highest BCUT2D eigenvalue weighted by Crippen LogP contribution is 2.26. The highest BCUT2D eigenvalue weighted by Gasteiger charge is 2.23. The lowest BCUT2D eigenvalue weighted by atomic mass is 10.1. The molecule has 1 aromatic rings. The van der Waals surface area contributed by atoms with Gasteiger partial charge in [-0.1, -0.05) is 27.7 Å². The molecule has 1 aromatic carbocycles. The number of carbonyl (C=O) groups excluding carboxylic acids is 2. The Morgan fingerprint density at radius 1 is 0.731 bits per heavy atom. The summed E-state index contributed by atoms with van der Waals surface area (Å²) in [4.78, 5) is 28.9. The molecule has 0 radical (unpaired) electrons. The third-order valence-electron chi connectivity index (χ3n) is 4.93. The number of benzene rings is 1. The molecule has 0 saturated carbocycles. The van der Waals surface area contributed by atoms with E-state index in [4.69, 9.17) is 0 Å². The summed E-state index contributed by atoms with van der Waals surface area (Å²) in [5, 5.41) is 0. The second-order valence-electron chi connectivity index (χ2n) is 7.06. The van der Waals surface area contributed by atoms with Crippen molar-refractivity contribution in [3.8, 4) is 0 Å². The topological polar surface area (TPSA) is 40.6 Å². The summed E-state index contributed by atoms with van der Waals surface area (Å²) in [7, 11) is 0. The van der Waals surface area contributed by atoms with Crippen LogP contribution in [-0.4, -0.2) is 23.9 Å². The first-order chi connectivity index (χ1) is 12.4. The largest absolute Gasteiger partial charge is 0.310 e. The van der Waals surface area contributed by atoms with Crippen molar-refractivity contribution in [1.29, 1.82) is 0 Å². The Balaban J connectivity index is 3.16. The number of hydrogen-bond donors (Lipinski definition) is 0. The van der Waals surface area contributed by atoms with Crippen molar-refractivity contribution in [2.24, 2.45) is 0 Å². The SMILES string of the molecule is CCCC(=O)N(c1ccc(N(C(=O)CCC)C(C)CC)cc1)C(C)CC. The third-order valence-corrected chi connectivity index (χ3v) is 4.93. The number of anilines is 2. The van der Waals surface area contributed by atoms with Gasteiger partial charge < -0.3 is 9.80 Å². The predicted molar refractivity (Wildman–Crippen MR) is 111 cm³/mol. The molecule has 146 valence electrons. The molecular formula is C22H36N2O2. The van der Waals surface area contributed by atoms with Crippen molar-refractivity contribution in [1.82, 2.24) is 0 Å². The summed E-state index contributed by atoms with van der Waals surface area (Å²) >= 11 is 0. The molecular weight excluding hydrogens is 324 g/mol. The molecule has 0 aliphatic rings. The predicted octanol–water partition coefficient (Wildman–Crippen LogP) is 5.55. The van der Waals surface area contributed by atoms with E-state index in [1.165, 1.54) is 0 Å². The lowest BCUT2D eigenvalue weighted by molar-refractivity contribution is -0.119. The minimum atomic E-state index is 0.160. The molecule has 0 aromatic heterocycles. The van der Waals surface area contributed by atoms with E-state index in [-0.39, 0.29) is 23.9 Å². The molecule has 0 aliphatic carbocycles. The zero-order valence-electron chi connectivity index (χ0n) is 17.4. The summed E-state index contributed by atoms with van der Waals surface area (Å²) < 4.78 is 0. The molecule has 1 rings (SSSR count). The summed E-state index contributed by atoms with van der Waals surface area (Å²) in [6.45, 7) is 12.4. The van der Waals surface area contributed by atoms with Gasteiger partial charge in [-0.25, -0.2) is 0 Å². The van der Waals surface area contributed by atoms with Crippen molar-refractivity contribution in [3.05, 3.63) is 24.3 Å². The van der Waals surface area contributed by atoms with Gasteiger partial charge in [-0.2, -0.15) is 0 Å². The molecule has 26 heavy (non-hydrogen) atoms. The number of nitrogens with zero attached hydrogens (tertiary/aromatic N) is 2. The first-order valence-corrected chi connectivity index (χ1v) is 10.1. The van der Waals surface area contributed by atoms with Gasteiger partial charge in [0.25, 0.3) is 0 Å². The Hall–Kier alpha value is -1.84. The smallest absolute Gasteiger partial charge is 0.227 e. The van der Waals surface area contributed by atoms with E-state index in [1.54, 1.807) is 0 Å². The Morgan fingerprint density at radius 3 is 1.27 bits per heavy atom. The second kappa shape index (κ2) is 11.0. The monoisotopic (exact) mass is 360 g/mol. The van der Waals surface area contributed by atoms with E-state index in [9.17, 15) is 9.59 Å². The lowest BCUT2D eigenvalue weighted by Crippen LogP contribution is -2.39. The van der Waals surface area contributed by atoms with Crippen LogP contribution in [0.5, 0.6) is 0 Å². The van der Waals surface area contributed by atoms with Gasteiger partial charge in [0, 0.05) is 36.3 Å². The summed E-state index contributed by atoms with van der Waals surface area (Å²) in [6, 6.07) is 8.22. The lowest BCUT2D eigenvalue weighted by Gasteiger charge is -2.31. The minimum Gasteiger partial charge on any atom is -0.310 e. The molecule has 0 bridgehead atoms. The summed E-state index contributed by atoms with van der Waals surface area (Å²) in [5.74, 6) is 0.325. The Bertz CT molecular complexity index is 517. The molecule has 2 unspecified atom stereocenters. The van der Waals surface area contributed by atoms with Crippen LogP contribution in [0.25, 0.3) is 0 Å². The van der Waals surface area contributed by atoms with E-state index < -0.39 is 0 Å². The van der Waals surface area contributed by atoms with Crippen LogP contribution in [0.2, 0.25) is 0 Å². The maximum absolute atomic E-state index is 12.6. The van der Waals surface area contributed by atoms with Gasteiger partial charge in [0.1, 0.15) is 0 Å². The average molecular weight is 361 g/mol. The number of rotatable bonds is 10. The van der Waals surface area contributed by atoms with Crippen molar-refractivity contribution in [2.45, 2.75) is 92.2 Å². The van der Waals surface area contributed by atoms with E-state index in [2.05, 4.69) is 27.7 Å². The molecule has 2 amide bonds. The van der Waals surface area contributed by atoms with Crippen molar-refractivity contribution in [3.63, 3.8) is 0 Å². The maximum Gasteiger partial charge on any atom is 0.227 e.